The molecular formula is C16H22BrNO3. The monoisotopic (exact) mass is 355 g/mol. The summed E-state index contributed by atoms with van der Waals surface area (Å²) in [5, 5.41) is 14.0. The first-order valence-electron chi connectivity index (χ1n) is 7.57. The van der Waals surface area contributed by atoms with E-state index in [1.54, 1.807) is 0 Å². The van der Waals surface area contributed by atoms with E-state index in [1.165, 1.54) is 6.42 Å². The van der Waals surface area contributed by atoms with E-state index in [-0.39, 0.29) is 6.79 Å². The number of ether oxygens (including phenoxy) is 2. The average Bonchev–Trinajstić information content (AvgIpc) is 2.85. The van der Waals surface area contributed by atoms with Gasteiger partial charge in [0.05, 0.1) is 5.60 Å². The largest absolute Gasteiger partial charge is 0.454 e. The number of halogens is 1. The molecule has 2 N–H and O–H groups in total. The molecule has 1 aliphatic carbocycles. The molecule has 21 heavy (non-hydrogen) atoms. The highest BCUT2D eigenvalue weighted by Gasteiger charge is 2.32. The standard InChI is InChI=1S/C16H22BrNO3/c1-11-3-2-4-16(19,7-11)9-18-8-12-5-14-15(6-13(12)17)21-10-20-14/h5-6,11,18-19H,2-4,7-10H2,1H3. The zero-order chi connectivity index (χ0) is 14.9. The lowest BCUT2D eigenvalue weighted by Gasteiger charge is -2.35. The van der Waals surface area contributed by atoms with E-state index in [4.69, 9.17) is 9.47 Å². The Hall–Kier alpha value is -0.780. The van der Waals surface area contributed by atoms with Gasteiger partial charge in [-0.3, -0.25) is 0 Å². The first kappa shape index (κ1) is 15.1. The summed E-state index contributed by atoms with van der Waals surface area (Å²) in [7, 11) is 0. The Bertz CT molecular complexity index is 522. The summed E-state index contributed by atoms with van der Waals surface area (Å²) in [6, 6.07) is 3.93. The second-order valence-corrected chi connectivity index (χ2v) is 7.18. The van der Waals surface area contributed by atoms with Gasteiger partial charge in [-0.05, 0) is 36.5 Å². The van der Waals surface area contributed by atoms with E-state index in [0.717, 1.165) is 40.8 Å². The molecule has 2 aliphatic rings. The molecule has 1 aliphatic heterocycles. The van der Waals surface area contributed by atoms with Crippen LogP contribution >= 0.6 is 15.9 Å². The van der Waals surface area contributed by atoms with Crippen molar-refractivity contribution in [3.63, 3.8) is 0 Å². The maximum atomic E-state index is 10.6. The minimum Gasteiger partial charge on any atom is -0.454 e. The van der Waals surface area contributed by atoms with Crippen molar-refractivity contribution in [1.82, 2.24) is 5.32 Å². The van der Waals surface area contributed by atoms with Crippen LogP contribution in [-0.2, 0) is 6.54 Å². The van der Waals surface area contributed by atoms with Crippen LogP contribution in [0.2, 0.25) is 0 Å². The van der Waals surface area contributed by atoms with E-state index >= 15 is 0 Å². The van der Waals surface area contributed by atoms with Crippen molar-refractivity contribution < 1.29 is 14.6 Å². The molecule has 0 amide bonds. The fraction of sp³-hybridized carbons (Fsp3) is 0.625. The Morgan fingerprint density at radius 2 is 2.14 bits per heavy atom. The van der Waals surface area contributed by atoms with Gasteiger partial charge in [0.1, 0.15) is 0 Å². The van der Waals surface area contributed by atoms with E-state index in [1.807, 2.05) is 12.1 Å². The van der Waals surface area contributed by atoms with Crippen molar-refractivity contribution in [2.24, 2.45) is 5.92 Å². The van der Waals surface area contributed by atoms with Crippen molar-refractivity contribution in [1.29, 1.82) is 0 Å². The highest BCUT2D eigenvalue weighted by molar-refractivity contribution is 9.10. The summed E-state index contributed by atoms with van der Waals surface area (Å²) in [4.78, 5) is 0. The minimum absolute atomic E-state index is 0.288. The molecule has 1 aromatic rings. The van der Waals surface area contributed by atoms with Gasteiger partial charge in [-0.15, -0.1) is 0 Å². The van der Waals surface area contributed by atoms with Crippen LogP contribution in [0.5, 0.6) is 11.5 Å². The third-order valence-electron chi connectivity index (χ3n) is 4.38. The van der Waals surface area contributed by atoms with Crippen molar-refractivity contribution in [3.8, 4) is 11.5 Å². The molecule has 1 aromatic carbocycles. The zero-order valence-electron chi connectivity index (χ0n) is 12.3. The molecular weight excluding hydrogens is 334 g/mol. The molecule has 0 aromatic heterocycles. The minimum atomic E-state index is -0.555. The lowest BCUT2D eigenvalue weighted by molar-refractivity contribution is -0.0119. The van der Waals surface area contributed by atoms with Gasteiger partial charge in [0, 0.05) is 17.6 Å². The van der Waals surface area contributed by atoms with Crippen LogP contribution < -0.4 is 14.8 Å². The van der Waals surface area contributed by atoms with Crippen molar-refractivity contribution in [3.05, 3.63) is 22.2 Å². The maximum absolute atomic E-state index is 10.6. The Kier molecular flexibility index (Phi) is 4.43. The molecule has 0 radical (unpaired) electrons. The van der Waals surface area contributed by atoms with Crippen molar-refractivity contribution >= 4 is 15.9 Å². The molecule has 2 unspecified atom stereocenters. The number of aliphatic hydroxyl groups is 1. The first-order chi connectivity index (χ1) is 10.1. The summed E-state index contributed by atoms with van der Waals surface area (Å²) in [6.07, 6.45) is 4.14. The molecule has 2 atom stereocenters. The third-order valence-corrected chi connectivity index (χ3v) is 5.12. The van der Waals surface area contributed by atoms with Crippen LogP contribution in [0, 0.1) is 5.92 Å². The molecule has 0 spiro atoms. The van der Waals surface area contributed by atoms with Gasteiger partial charge in [0.25, 0.3) is 0 Å². The second-order valence-electron chi connectivity index (χ2n) is 6.33. The summed E-state index contributed by atoms with van der Waals surface area (Å²) < 4.78 is 11.8. The van der Waals surface area contributed by atoms with Crippen molar-refractivity contribution in [2.75, 3.05) is 13.3 Å². The molecule has 116 valence electrons. The number of rotatable bonds is 4. The highest BCUT2D eigenvalue weighted by Crippen LogP contribution is 2.37. The predicted molar refractivity (Wildman–Crippen MR) is 84.6 cm³/mol. The van der Waals surface area contributed by atoms with Crippen LogP contribution in [-0.4, -0.2) is 24.0 Å². The van der Waals surface area contributed by atoms with Gasteiger partial charge in [0.15, 0.2) is 11.5 Å². The molecule has 0 saturated heterocycles. The van der Waals surface area contributed by atoms with E-state index in [0.29, 0.717) is 19.0 Å². The molecule has 3 rings (SSSR count). The maximum Gasteiger partial charge on any atom is 0.231 e. The van der Waals surface area contributed by atoms with Gasteiger partial charge in [-0.2, -0.15) is 0 Å². The molecule has 4 nitrogen and oxygen atoms in total. The summed E-state index contributed by atoms with van der Waals surface area (Å²) in [6.45, 7) is 3.85. The third kappa shape index (κ3) is 3.52. The van der Waals surface area contributed by atoms with Gasteiger partial charge < -0.3 is 19.9 Å². The smallest absolute Gasteiger partial charge is 0.231 e. The highest BCUT2D eigenvalue weighted by atomic mass is 79.9. The van der Waals surface area contributed by atoms with E-state index in [2.05, 4.69) is 28.2 Å². The lowest BCUT2D eigenvalue weighted by Crippen LogP contribution is -2.43. The Morgan fingerprint density at radius 3 is 2.90 bits per heavy atom. The van der Waals surface area contributed by atoms with Crippen LogP contribution in [0.1, 0.15) is 38.2 Å². The number of hydrogen-bond donors (Lipinski definition) is 2. The van der Waals surface area contributed by atoms with Crippen LogP contribution in [0.3, 0.4) is 0 Å². The average molecular weight is 356 g/mol. The fourth-order valence-corrected chi connectivity index (χ4v) is 3.78. The zero-order valence-corrected chi connectivity index (χ0v) is 13.9. The molecule has 5 heteroatoms. The van der Waals surface area contributed by atoms with Gasteiger partial charge in [0.2, 0.25) is 6.79 Å². The quantitative estimate of drug-likeness (QED) is 0.870. The number of fused-ring (bicyclic) bond motifs is 1. The summed E-state index contributed by atoms with van der Waals surface area (Å²) >= 11 is 3.56. The number of nitrogens with one attached hydrogen (secondary N) is 1. The van der Waals surface area contributed by atoms with Gasteiger partial charge >= 0.3 is 0 Å². The topological polar surface area (TPSA) is 50.7 Å². The molecule has 1 heterocycles. The summed E-state index contributed by atoms with van der Waals surface area (Å²) in [5.74, 6) is 2.19. The Labute approximate surface area is 134 Å². The van der Waals surface area contributed by atoms with Crippen LogP contribution in [0.25, 0.3) is 0 Å². The summed E-state index contributed by atoms with van der Waals surface area (Å²) in [5.41, 5.74) is 0.562. The Balaban J connectivity index is 1.58. The Morgan fingerprint density at radius 1 is 1.38 bits per heavy atom. The molecule has 0 bridgehead atoms. The van der Waals surface area contributed by atoms with Gasteiger partial charge in [-0.25, -0.2) is 0 Å². The lowest BCUT2D eigenvalue weighted by atomic mass is 9.79. The molecule has 1 fully saturated rings. The molecule has 1 saturated carbocycles. The van der Waals surface area contributed by atoms with Crippen LogP contribution in [0.4, 0.5) is 0 Å². The second kappa shape index (κ2) is 6.15. The van der Waals surface area contributed by atoms with Gasteiger partial charge in [-0.1, -0.05) is 35.7 Å². The SMILES string of the molecule is CC1CCCC(O)(CNCc2cc3c(cc2Br)OCO3)C1. The van der Waals surface area contributed by atoms with Crippen molar-refractivity contribution in [2.45, 2.75) is 44.8 Å². The van der Waals surface area contributed by atoms with Crippen LogP contribution in [0.15, 0.2) is 16.6 Å². The normalized spacial score (nSPS) is 27.9. The van der Waals surface area contributed by atoms with E-state index in [9.17, 15) is 5.11 Å². The fourth-order valence-electron chi connectivity index (χ4n) is 3.32. The first-order valence-corrected chi connectivity index (χ1v) is 8.36. The van der Waals surface area contributed by atoms with E-state index < -0.39 is 5.60 Å². The number of hydrogen-bond acceptors (Lipinski definition) is 4. The predicted octanol–water partition coefficient (Wildman–Crippen LogP) is 3.21. The number of benzene rings is 1.